The summed E-state index contributed by atoms with van der Waals surface area (Å²) in [7, 11) is -3.54. The first-order valence-corrected chi connectivity index (χ1v) is 10.7. The number of hydrogen-bond donors (Lipinski definition) is 1. The van der Waals surface area contributed by atoms with Crippen LogP contribution in [0.2, 0.25) is 5.02 Å². The standard InChI is InChI=1S/C19H21ClN2O4S/c1-12-8-13(2)10-15(9-12)21-19(23)18-6-7-22(27(3,24)25)16-11-14(20)4-5-17(16)26-18/h4-5,8-11,18H,6-7H2,1-3H3,(H,21,23)/t18-/m0/s1. The van der Waals surface area contributed by atoms with E-state index in [2.05, 4.69) is 5.32 Å². The van der Waals surface area contributed by atoms with Crippen LogP contribution in [0.1, 0.15) is 17.5 Å². The van der Waals surface area contributed by atoms with Crippen LogP contribution in [0.3, 0.4) is 0 Å². The van der Waals surface area contributed by atoms with E-state index in [0.29, 0.717) is 22.1 Å². The van der Waals surface area contributed by atoms with Gasteiger partial charge in [-0.1, -0.05) is 17.7 Å². The van der Waals surface area contributed by atoms with Crippen LogP contribution in [0.5, 0.6) is 5.75 Å². The van der Waals surface area contributed by atoms with E-state index in [9.17, 15) is 13.2 Å². The molecular weight excluding hydrogens is 388 g/mol. The van der Waals surface area contributed by atoms with Crippen LogP contribution in [-0.4, -0.2) is 33.2 Å². The number of anilines is 2. The van der Waals surface area contributed by atoms with Gasteiger partial charge in [-0.3, -0.25) is 9.10 Å². The molecule has 144 valence electrons. The van der Waals surface area contributed by atoms with Crippen LogP contribution in [0.25, 0.3) is 0 Å². The van der Waals surface area contributed by atoms with Crippen molar-refractivity contribution in [2.75, 3.05) is 22.4 Å². The van der Waals surface area contributed by atoms with Crippen molar-refractivity contribution in [3.05, 3.63) is 52.5 Å². The Labute approximate surface area is 164 Å². The van der Waals surface area contributed by atoms with E-state index < -0.39 is 16.1 Å². The van der Waals surface area contributed by atoms with E-state index in [0.717, 1.165) is 17.4 Å². The lowest BCUT2D eigenvalue weighted by Crippen LogP contribution is -2.36. The van der Waals surface area contributed by atoms with Crippen molar-refractivity contribution in [3.63, 3.8) is 0 Å². The number of amides is 1. The van der Waals surface area contributed by atoms with E-state index in [1.807, 2.05) is 32.0 Å². The second-order valence-electron chi connectivity index (χ2n) is 6.71. The van der Waals surface area contributed by atoms with Crippen LogP contribution in [-0.2, 0) is 14.8 Å². The zero-order valence-electron chi connectivity index (χ0n) is 15.3. The SMILES string of the molecule is Cc1cc(C)cc(NC(=O)[C@@H]2CCN(S(C)(=O)=O)c3cc(Cl)ccc3O2)c1. The van der Waals surface area contributed by atoms with Gasteiger partial charge in [0.1, 0.15) is 5.75 Å². The van der Waals surface area contributed by atoms with Crippen molar-refractivity contribution >= 4 is 38.9 Å². The van der Waals surface area contributed by atoms with Gasteiger partial charge in [-0.15, -0.1) is 0 Å². The van der Waals surface area contributed by atoms with E-state index in [1.54, 1.807) is 12.1 Å². The molecule has 0 unspecified atom stereocenters. The summed E-state index contributed by atoms with van der Waals surface area (Å²) < 4.78 is 31.4. The molecule has 0 aromatic heterocycles. The van der Waals surface area contributed by atoms with E-state index in [-0.39, 0.29) is 18.9 Å². The Hall–Kier alpha value is -2.25. The highest BCUT2D eigenvalue weighted by Gasteiger charge is 2.31. The minimum atomic E-state index is -3.54. The van der Waals surface area contributed by atoms with Gasteiger partial charge in [-0.2, -0.15) is 0 Å². The van der Waals surface area contributed by atoms with Crippen LogP contribution in [0.15, 0.2) is 36.4 Å². The number of aryl methyl sites for hydroxylation is 2. The molecule has 0 radical (unpaired) electrons. The maximum absolute atomic E-state index is 12.7. The highest BCUT2D eigenvalue weighted by molar-refractivity contribution is 7.92. The fraction of sp³-hybridized carbons (Fsp3) is 0.316. The molecule has 8 heteroatoms. The van der Waals surface area contributed by atoms with Gasteiger partial charge in [-0.05, 0) is 55.3 Å². The predicted molar refractivity (Wildman–Crippen MR) is 107 cm³/mol. The van der Waals surface area contributed by atoms with Crippen molar-refractivity contribution in [1.29, 1.82) is 0 Å². The number of nitrogens with one attached hydrogen (secondary N) is 1. The first-order chi connectivity index (χ1) is 12.6. The normalized spacial score (nSPS) is 16.9. The Morgan fingerprint density at radius 1 is 1.19 bits per heavy atom. The maximum Gasteiger partial charge on any atom is 0.265 e. The molecule has 0 saturated heterocycles. The summed E-state index contributed by atoms with van der Waals surface area (Å²) in [5.41, 5.74) is 3.10. The van der Waals surface area contributed by atoms with Gasteiger partial charge >= 0.3 is 0 Å². The Balaban J connectivity index is 1.88. The monoisotopic (exact) mass is 408 g/mol. The smallest absolute Gasteiger partial charge is 0.265 e. The maximum atomic E-state index is 12.7. The zero-order valence-corrected chi connectivity index (χ0v) is 16.9. The molecule has 0 fully saturated rings. The van der Waals surface area contributed by atoms with Gasteiger partial charge in [0.05, 0.1) is 11.9 Å². The largest absolute Gasteiger partial charge is 0.478 e. The van der Waals surface area contributed by atoms with Gasteiger partial charge in [0.15, 0.2) is 6.10 Å². The van der Waals surface area contributed by atoms with Crippen LogP contribution >= 0.6 is 11.6 Å². The molecule has 2 aromatic carbocycles. The van der Waals surface area contributed by atoms with E-state index in [4.69, 9.17) is 16.3 Å². The summed E-state index contributed by atoms with van der Waals surface area (Å²) in [6, 6.07) is 10.5. The Morgan fingerprint density at radius 3 is 2.48 bits per heavy atom. The van der Waals surface area contributed by atoms with Crippen molar-refractivity contribution in [1.82, 2.24) is 0 Å². The molecule has 0 saturated carbocycles. The lowest BCUT2D eigenvalue weighted by atomic mass is 10.1. The summed E-state index contributed by atoms with van der Waals surface area (Å²) in [5.74, 6) is -0.0147. The lowest BCUT2D eigenvalue weighted by Gasteiger charge is -2.21. The van der Waals surface area contributed by atoms with Crippen LogP contribution in [0, 0.1) is 13.8 Å². The number of carbonyl (C=O) groups is 1. The molecule has 1 atom stereocenters. The zero-order chi connectivity index (χ0) is 19.8. The Morgan fingerprint density at radius 2 is 1.85 bits per heavy atom. The third-order valence-electron chi connectivity index (χ3n) is 4.24. The van der Waals surface area contributed by atoms with Crippen LogP contribution in [0.4, 0.5) is 11.4 Å². The van der Waals surface area contributed by atoms with Gasteiger partial charge < -0.3 is 10.1 Å². The molecule has 27 heavy (non-hydrogen) atoms. The molecule has 0 aliphatic carbocycles. The highest BCUT2D eigenvalue weighted by atomic mass is 35.5. The fourth-order valence-corrected chi connectivity index (χ4v) is 4.25. The van der Waals surface area contributed by atoms with E-state index >= 15 is 0 Å². The summed E-state index contributed by atoms with van der Waals surface area (Å²) in [6.07, 6.45) is 0.515. The first-order valence-electron chi connectivity index (χ1n) is 8.46. The number of nitrogens with zero attached hydrogens (tertiary/aromatic N) is 1. The number of sulfonamides is 1. The van der Waals surface area contributed by atoms with Crippen molar-refractivity contribution < 1.29 is 17.9 Å². The topological polar surface area (TPSA) is 75.7 Å². The average molecular weight is 409 g/mol. The average Bonchev–Trinajstić information content (AvgIpc) is 2.72. The molecule has 0 spiro atoms. The highest BCUT2D eigenvalue weighted by Crippen LogP contribution is 2.36. The third kappa shape index (κ3) is 4.54. The molecule has 1 N–H and O–H groups in total. The van der Waals surface area contributed by atoms with E-state index in [1.165, 1.54) is 10.4 Å². The summed E-state index contributed by atoms with van der Waals surface area (Å²) >= 11 is 6.02. The molecule has 3 rings (SSSR count). The first kappa shape index (κ1) is 19.5. The molecule has 0 bridgehead atoms. The summed E-state index contributed by atoms with van der Waals surface area (Å²) in [5, 5.41) is 3.25. The number of carbonyl (C=O) groups excluding carboxylic acids is 1. The Kier molecular flexibility index (Phi) is 5.35. The van der Waals surface area contributed by atoms with Crippen molar-refractivity contribution in [2.45, 2.75) is 26.4 Å². The molecule has 1 aliphatic rings. The molecular formula is C19H21ClN2O4S. The predicted octanol–water partition coefficient (Wildman–Crippen LogP) is 3.51. The number of fused-ring (bicyclic) bond motifs is 1. The quantitative estimate of drug-likeness (QED) is 0.843. The number of halogens is 1. The number of hydrogen-bond acceptors (Lipinski definition) is 4. The molecule has 1 aliphatic heterocycles. The lowest BCUT2D eigenvalue weighted by molar-refractivity contribution is -0.122. The number of ether oxygens (including phenoxy) is 1. The third-order valence-corrected chi connectivity index (χ3v) is 5.65. The number of benzene rings is 2. The summed E-state index contributed by atoms with van der Waals surface area (Å²) in [4.78, 5) is 12.7. The van der Waals surface area contributed by atoms with Gasteiger partial charge in [0, 0.05) is 23.7 Å². The molecule has 1 heterocycles. The number of rotatable bonds is 3. The van der Waals surface area contributed by atoms with Crippen molar-refractivity contribution in [2.24, 2.45) is 0 Å². The van der Waals surface area contributed by atoms with Crippen LogP contribution < -0.4 is 14.4 Å². The fourth-order valence-electron chi connectivity index (χ4n) is 3.15. The molecule has 6 nitrogen and oxygen atoms in total. The van der Waals surface area contributed by atoms with Gasteiger partial charge in [-0.25, -0.2) is 8.42 Å². The second kappa shape index (κ2) is 7.40. The minimum absolute atomic E-state index is 0.122. The molecule has 1 amide bonds. The second-order valence-corrected chi connectivity index (χ2v) is 9.05. The summed E-state index contributed by atoms with van der Waals surface area (Å²) in [6.45, 7) is 4.03. The van der Waals surface area contributed by atoms with Gasteiger partial charge in [0.2, 0.25) is 10.0 Å². The molecule has 2 aromatic rings. The Bertz CT molecular complexity index is 971. The van der Waals surface area contributed by atoms with Gasteiger partial charge in [0.25, 0.3) is 5.91 Å². The van der Waals surface area contributed by atoms with Crippen molar-refractivity contribution in [3.8, 4) is 5.75 Å². The minimum Gasteiger partial charge on any atom is -0.478 e.